The molecule has 1 saturated heterocycles. The van der Waals surface area contributed by atoms with Gasteiger partial charge in [-0.15, -0.1) is 0 Å². The lowest BCUT2D eigenvalue weighted by Crippen LogP contribution is -2.63. The van der Waals surface area contributed by atoms with Crippen LogP contribution in [0.25, 0.3) is 0 Å². The lowest BCUT2D eigenvalue weighted by atomic mass is 9.46. The number of fused-ring (bicyclic) bond motifs is 3. The lowest BCUT2D eigenvalue weighted by molar-refractivity contribution is -0.315. The fourth-order valence-electron chi connectivity index (χ4n) is 6.58. The van der Waals surface area contributed by atoms with Crippen molar-refractivity contribution in [2.45, 2.75) is 71.0 Å². The molecule has 1 aromatic carbocycles. The van der Waals surface area contributed by atoms with Crippen molar-refractivity contribution < 1.29 is 28.5 Å². The van der Waals surface area contributed by atoms with E-state index in [9.17, 15) is 14.3 Å². The van der Waals surface area contributed by atoms with Crippen LogP contribution < -0.4 is 5.32 Å². The molecule has 7 unspecified atom stereocenters. The molecule has 6 nitrogen and oxygen atoms in total. The van der Waals surface area contributed by atoms with Gasteiger partial charge in [-0.1, -0.05) is 26.0 Å². The van der Waals surface area contributed by atoms with Gasteiger partial charge in [0.05, 0.1) is 25.4 Å². The van der Waals surface area contributed by atoms with Gasteiger partial charge >= 0.3 is 0 Å². The minimum Gasteiger partial charge on any atom is -0.393 e. The van der Waals surface area contributed by atoms with Crippen LogP contribution in [0, 0.1) is 28.5 Å². The summed E-state index contributed by atoms with van der Waals surface area (Å²) in [7, 11) is 1.65. The predicted molar refractivity (Wildman–Crippen MR) is 117 cm³/mol. The number of nitrogens with one attached hydrogen (secondary N) is 1. The summed E-state index contributed by atoms with van der Waals surface area (Å²) in [5.41, 5.74) is 0.528. The number of benzene rings is 1. The molecule has 1 amide bonds. The monoisotopic (exact) mass is 449 g/mol. The van der Waals surface area contributed by atoms with Crippen molar-refractivity contribution in [2.75, 3.05) is 20.3 Å². The van der Waals surface area contributed by atoms with Crippen molar-refractivity contribution in [1.82, 2.24) is 5.32 Å². The molecule has 7 heteroatoms. The van der Waals surface area contributed by atoms with Gasteiger partial charge in [0, 0.05) is 25.5 Å². The van der Waals surface area contributed by atoms with Crippen LogP contribution in [0.15, 0.2) is 24.3 Å². The second-order valence-electron chi connectivity index (χ2n) is 10.3. The molecule has 0 radical (unpaired) electrons. The Morgan fingerprint density at radius 1 is 1.22 bits per heavy atom. The SMILES string of the molecule is COCC1OCC2(C)C(CCC3(C)C(CC(=O)NCc4ccc(F)cc4)C(O)CCC23)O1. The molecular weight excluding hydrogens is 413 g/mol. The number of hydrogen-bond donors (Lipinski definition) is 2. The van der Waals surface area contributed by atoms with Crippen molar-refractivity contribution >= 4 is 5.91 Å². The first-order valence-corrected chi connectivity index (χ1v) is 11.7. The Morgan fingerprint density at radius 3 is 2.69 bits per heavy atom. The molecule has 178 valence electrons. The first kappa shape index (κ1) is 23.6. The standard InChI is InChI=1S/C25H36FNO5/c1-24-11-10-21-25(2,15-31-23(32-21)14-30-3)20(24)9-8-19(28)18(24)12-22(29)27-13-16-4-6-17(26)7-5-16/h4-7,18-21,23,28H,8-15H2,1-3H3,(H,27,29). The summed E-state index contributed by atoms with van der Waals surface area (Å²) >= 11 is 0. The molecular formula is C25H36FNO5. The highest BCUT2D eigenvalue weighted by molar-refractivity contribution is 5.76. The van der Waals surface area contributed by atoms with Gasteiger partial charge < -0.3 is 24.6 Å². The van der Waals surface area contributed by atoms with E-state index >= 15 is 0 Å². The van der Waals surface area contributed by atoms with E-state index in [1.165, 1.54) is 12.1 Å². The van der Waals surface area contributed by atoms with Crippen molar-refractivity contribution in [3.8, 4) is 0 Å². The van der Waals surface area contributed by atoms with E-state index in [2.05, 4.69) is 19.2 Å². The number of halogens is 1. The maximum absolute atomic E-state index is 13.1. The van der Waals surface area contributed by atoms with Gasteiger partial charge in [0.25, 0.3) is 0 Å². The van der Waals surface area contributed by atoms with Crippen LogP contribution in [0.5, 0.6) is 0 Å². The van der Waals surface area contributed by atoms with Gasteiger partial charge in [-0.05, 0) is 60.6 Å². The van der Waals surface area contributed by atoms with Gasteiger partial charge in [-0.3, -0.25) is 4.79 Å². The number of rotatable bonds is 6. The van der Waals surface area contributed by atoms with Crippen LogP contribution in [0.2, 0.25) is 0 Å². The van der Waals surface area contributed by atoms with E-state index in [1.54, 1.807) is 19.2 Å². The van der Waals surface area contributed by atoms with Gasteiger partial charge in [0.15, 0.2) is 6.29 Å². The molecule has 1 heterocycles. The fraction of sp³-hybridized carbons (Fsp3) is 0.720. The Hall–Kier alpha value is -1.54. The number of aliphatic hydroxyl groups excluding tert-OH is 1. The van der Waals surface area contributed by atoms with E-state index in [0.29, 0.717) is 32.1 Å². The van der Waals surface area contributed by atoms with Crippen LogP contribution in [-0.2, 0) is 25.5 Å². The van der Waals surface area contributed by atoms with E-state index in [0.717, 1.165) is 24.8 Å². The summed E-state index contributed by atoms with van der Waals surface area (Å²) in [4.78, 5) is 12.8. The number of methoxy groups -OCH3 is 1. The number of carbonyl (C=O) groups is 1. The van der Waals surface area contributed by atoms with E-state index in [1.807, 2.05) is 0 Å². The molecule has 0 spiro atoms. The maximum Gasteiger partial charge on any atom is 0.220 e. The first-order valence-electron chi connectivity index (χ1n) is 11.7. The van der Waals surface area contributed by atoms with Crippen molar-refractivity contribution in [1.29, 1.82) is 0 Å². The Bertz CT molecular complexity index is 804. The molecule has 7 atom stereocenters. The molecule has 3 fully saturated rings. The van der Waals surface area contributed by atoms with Crippen LogP contribution >= 0.6 is 0 Å². The number of aliphatic hydroxyl groups is 1. The third kappa shape index (κ3) is 4.45. The molecule has 2 saturated carbocycles. The predicted octanol–water partition coefficient (Wildman–Crippen LogP) is 3.41. The summed E-state index contributed by atoms with van der Waals surface area (Å²) in [5, 5.41) is 13.9. The van der Waals surface area contributed by atoms with Gasteiger partial charge in [0.2, 0.25) is 5.91 Å². The molecule has 0 aromatic heterocycles. The average molecular weight is 450 g/mol. The highest BCUT2D eigenvalue weighted by Gasteiger charge is 2.61. The first-order chi connectivity index (χ1) is 15.3. The quantitative estimate of drug-likeness (QED) is 0.696. The summed E-state index contributed by atoms with van der Waals surface area (Å²) in [6.45, 7) is 5.85. The molecule has 2 N–H and O–H groups in total. The zero-order valence-corrected chi connectivity index (χ0v) is 19.3. The number of carbonyl (C=O) groups excluding carboxylic acids is 1. The van der Waals surface area contributed by atoms with E-state index in [4.69, 9.17) is 14.2 Å². The number of ether oxygens (including phenoxy) is 3. The Balaban J connectivity index is 1.44. The number of amides is 1. The second kappa shape index (κ2) is 9.37. The van der Waals surface area contributed by atoms with E-state index < -0.39 is 6.10 Å². The average Bonchev–Trinajstić information content (AvgIpc) is 2.76. The van der Waals surface area contributed by atoms with Gasteiger partial charge in [-0.25, -0.2) is 4.39 Å². The van der Waals surface area contributed by atoms with Crippen LogP contribution in [0.3, 0.4) is 0 Å². The molecule has 3 aliphatic rings. The van der Waals surface area contributed by atoms with Crippen molar-refractivity contribution in [3.05, 3.63) is 35.6 Å². The molecule has 1 aromatic rings. The highest BCUT2D eigenvalue weighted by atomic mass is 19.1. The summed E-state index contributed by atoms with van der Waals surface area (Å²) in [6, 6.07) is 6.13. The zero-order chi connectivity index (χ0) is 22.9. The largest absolute Gasteiger partial charge is 0.393 e. The van der Waals surface area contributed by atoms with Crippen molar-refractivity contribution in [3.63, 3.8) is 0 Å². The molecule has 1 aliphatic heterocycles. The topological polar surface area (TPSA) is 77.0 Å². The second-order valence-corrected chi connectivity index (χ2v) is 10.3. The van der Waals surface area contributed by atoms with Crippen LogP contribution in [-0.4, -0.2) is 49.8 Å². The van der Waals surface area contributed by atoms with Gasteiger partial charge in [0.1, 0.15) is 5.82 Å². The summed E-state index contributed by atoms with van der Waals surface area (Å²) in [6.07, 6.45) is 2.92. The van der Waals surface area contributed by atoms with Crippen LogP contribution in [0.4, 0.5) is 4.39 Å². The normalized spacial score (nSPS) is 39.1. The van der Waals surface area contributed by atoms with Crippen LogP contribution in [0.1, 0.15) is 51.5 Å². The van der Waals surface area contributed by atoms with E-state index in [-0.39, 0.29) is 47.3 Å². The molecule has 0 bridgehead atoms. The Kier molecular flexibility index (Phi) is 6.92. The fourth-order valence-corrected chi connectivity index (χ4v) is 6.58. The Morgan fingerprint density at radius 2 is 1.97 bits per heavy atom. The third-order valence-corrected chi connectivity index (χ3v) is 8.34. The summed E-state index contributed by atoms with van der Waals surface area (Å²) < 4.78 is 30.6. The third-order valence-electron chi connectivity index (χ3n) is 8.34. The number of hydrogen-bond acceptors (Lipinski definition) is 5. The maximum atomic E-state index is 13.1. The lowest BCUT2D eigenvalue weighted by Gasteiger charge is -2.62. The minimum absolute atomic E-state index is 0.0798. The zero-order valence-electron chi connectivity index (χ0n) is 19.3. The van der Waals surface area contributed by atoms with Crippen molar-refractivity contribution in [2.24, 2.45) is 22.7 Å². The molecule has 2 aliphatic carbocycles. The highest BCUT2D eigenvalue weighted by Crippen LogP contribution is 2.62. The smallest absolute Gasteiger partial charge is 0.220 e. The molecule has 32 heavy (non-hydrogen) atoms. The van der Waals surface area contributed by atoms with Gasteiger partial charge in [-0.2, -0.15) is 0 Å². The molecule has 4 rings (SSSR count). The minimum atomic E-state index is -0.500. The Labute approximate surface area is 189 Å². The summed E-state index contributed by atoms with van der Waals surface area (Å²) in [5.74, 6) is -0.194.